The highest BCUT2D eigenvalue weighted by molar-refractivity contribution is 7.12. The number of aryl methyl sites for hydroxylation is 2. The highest BCUT2D eigenvalue weighted by atomic mass is 32.1. The molecule has 6 heteroatoms. The zero-order valence-corrected chi connectivity index (χ0v) is 16.3. The molecule has 0 atom stereocenters. The maximum Gasteiger partial charge on any atom is 0.349 e. The summed E-state index contributed by atoms with van der Waals surface area (Å²) >= 11 is 1.35. The largest absolute Gasteiger partial charge is 0.451 e. The van der Waals surface area contributed by atoms with Gasteiger partial charge in [-0.2, -0.15) is 0 Å². The van der Waals surface area contributed by atoms with Gasteiger partial charge in [0.2, 0.25) is 5.89 Å². The number of rotatable bonds is 5. The first kappa shape index (κ1) is 18.1. The van der Waals surface area contributed by atoms with E-state index in [1.54, 1.807) is 0 Å². The van der Waals surface area contributed by atoms with Gasteiger partial charge in [0, 0.05) is 11.1 Å². The molecule has 0 amide bonds. The summed E-state index contributed by atoms with van der Waals surface area (Å²) in [6.07, 6.45) is 0. The Morgan fingerprint density at radius 2 is 1.82 bits per heavy atom. The van der Waals surface area contributed by atoms with E-state index in [1.807, 2.05) is 73.8 Å². The van der Waals surface area contributed by atoms with Crippen LogP contribution in [0.3, 0.4) is 0 Å². The van der Waals surface area contributed by atoms with E-state index in [0.29, 0.717) is 10.8 Å². The zero-order valence-electron chi connectivity index (χ0n) is 15.5. The average molecular weight is 390 g/mol. The first-order chi connectivity index (χ1) is 13.6. The van der Waals surface area contributed by atoms with Crippen molar-refractivity contribution in [2.24, 2.45) is 0 Å². The minimum atomic E-state index is -0.402. The summed E-state index contributed by atoms with van der Waals surface area (Å²) in [5.41, 5.74) is 4.96. The highest BCUT2D eigenvalue weighted by Gasteiger charge is 2.18. The topological polar surface area (TPSA) is 65.2 Å². The van der Waals surface area contributed by atoms with Crippen molar-refractivity contribution >= 4 is 17.3 Å². The summed E-state index contributed by atoms with van der Waals surface area (Å²) in [6, 6.07) is 17.8. The van der Waals surface area contributed by atoms with Crippen LogP contribution in [0.4, 0.5) is 0 Å². The minimum Gasteiger partial charge on any atom is -0.451 e. The molecule has 0 bridgehead atoms. The average Bonchev–Trinajstić information content (AvgIpc) is 3.36. The van der Waals surface area contributed by atoms with Crippen LogP contribution in [0.2, 0.25) is 0 Å². The number of hydrogen-bond acceptors (Lipinski definition) is 6. The van der Waals surface area contributed by atoms with Crippen LogP contribution in [-0.4, -0.2) is 16.2 Å². The first-order valence-electron chi connectivity index (χ1n) is 8.81. The maximum absolute atomic E-state index is 12.6. The van der Waals surface area contributed by atoms with Crippen molar-refractivity contribution in [3.05, 3.63) is 81.9 Å². The van der Waals surface area contributed by atoms with Gasteiger partial charge in [-0.15, -0.1) is 21.5 Å². The van der Waals surface area contributed by atoms with Gasteiger partial charge in [0.05, 0.1) is 0 Å². The van der Waals surface area contributed by atoms with Crippen molar-refractivity contribution < 1.29 is 13.9 Å². The van der Waals surface area contributed by atoms with Crippen molar-refractivity contribution in [3.63, 3.8) is 0 Å². The Balaban J connectivity index is 1.46. The molecule has 0 aliphatic carbocycles. The standard InChI is InChI=1S/C22H18N2O3S/c1-14-6-8-16(9-7-14)18-10-11-28-20(18)22(25)26-13-19-23-24-21(27-19)17-5-3-4-15(2)12-17/h3-12H,13H2,1-2H3. The normalized spacial score (nSPS) is 10.8. The van der Waals surface area contributed by atoms with E-state index >= 15 is 0 Å². The monoisotopic (exact) mass is 390 g/mol. The molecular weight excluding hydrogens is 372 g/mol. The summed E-state index contributed by atoms with van der Waals surface area (Å²) in [6.45, 7) is 3.96. The van der Waals surface area contributed by atoms with Crippen LogP contribution in [-0.2, 0) is 11.3 Å². The van der Waals surface area contributed by atoms with E-state index in [0.717, 1.165) is 22.3 Å². The molecule has 0 N–H and O–H groups in total. The molecule has 2 aromatic heterocycles. The summed E-state index contributed by atoms with van der Waals surface area (Å²) in [4.78, 5) is 13.1. The summed E-state index contributed by atoms with van der Waals surface area (Å²) in [5, 5.41) is 9.89. The van der Waals surface area contributed by atoms with Crippen LogP contribution in [0.5, 0.6) is 0 Å². The van der Waals surface area contributed by atoms with Crippen molar-refractivity contribution in [1.82, 2.24) is 10.2 Å². The fraction of sp³-hybridized carbons (Fsp3) is 0.136. The molecule has 0 spiro atoms. The molecule has 4 aromatic rings. The van der Waals surface area contributed by atoms with Gasteiger partial charge in [0.25, 0.3) is 5.89 Å². The molecule has 0 unspecified atom stereocenters. The summed E-state index contributed by atoms with van der Waals surface area (Å²) in [7, 11) is 0. The fourth-order valence-corrected chi connectivity index (χ4v) is 3.64. The van der Waals surface area contributed by atoms with E-state index in [-0.39, 0.29) is 12.5 Å². The van der Waals surface area contributed by atoms with Gasteiger partial charge in [-0.25, -0.2) is 4.79 Å². The Morgan fingerprint density at radius 3 is 2.61 bits per heavy atom. The van der Waals surface area contributed by atoms with Crippen LogP contribution >= 0.6 is 11.3 Å². The Hall–Kier alpha value is -3.25. The van der Waals surface area contributed by atoms with Gasteiger partial charge in [-0.1, -0.05) is 47.5 Å². The maximum atomic E-state index is 12.6. The number of esters is 1. The van der Waals surface area contributed by atoms with Gasteiger partial charge >= 0.3 is 5.97 Å². The van der Waals surface area contributed by atoms with Crippen LogP contribution in [0.25, 0.3) is 22.6 Å². The van der Waals surface area contributed by atoms with Crippen molar-refractivity contribution in [2.75, 3.05) is 0 Å². The number of benzene rings is 2. The molecule has 5 nitrogen and oxygen atoms in total. The lowest BCUT2D eigenvalue weighted by Gasteiger charge is -2.05. The molecule has 0 aliphatic rings. The van der Waals surface area contributed by atoms with Crippen molar-refractivity contribution in [2.45, 2.75) is 20.5 Å². The van der Waals surface area contributed by atoms with Crippen LogP contribution < -0.4 is 0 Å². The molecule has 2 heterocycles. The number of thiophene rings is 1. The number of carbonyl (C=O) groups excluding carboxylic acids is 1. The van der Waals surface area contributed by atoms with Gasteiger partial charge < -0.3 is 9.15 Å². The van der Waals surface area contributed by atoms with Crippen LogP contribution in [0, 0.1) is 13.8 Å². The number of ether oxygens (including phenoxy) is 1. The predicted molar refractivity (Wildman–Crippen MR) is 108 cm³/mol. The lowest BCUT2D eigenvalue weighted by atomic mass is 10.1. The van der Waals surface area contributed by atoms with Gasteiger partial charge in [0.1, 0.15) is 4.88 Å². The molecule has 0 saturated carbocycles. The van der Waals surface area contributed by atoms with E-state index in [2.05, 4.69) is 10.2 Å². The van der Waals surface area contributed by atoms with E-state index in [4.69, 9.17) is 9.15 Å². The fourth-order valence-electron chi connectivity index (χ4n) is 2.83. The van der Waals surface area contributed by atoms with Gasteiger partial charge in [-0.05, 0) is 43.0 Å². The SMILES string of the molecule is Cc1ccc(-c2ccsc2C(=O)OCc2nnc(-c3cccc(C)c3)o2)cc1. The molecule has 0 aliphatic heterocycles. The lowest BCUT2D eigenvalue weighted by molar-refractivity contribution is 0.0445. The Labute approximate surface area is 166 Å². The quantitative estimate of drug-likeness (QED) is 0.425. The molecule has 28 heavy (non-hydrogen) atoms. The second-order valence-corrected chi connectivity index (χ2v) is 7.39. The molecule has 4 rings (SSSR count). The number of hydrogen-bond donors (Lipinski definition) is 0. The van der Waals surface area contributed by atoms with Crippen molar-refractivity contribution in [3.8, 4) is 22.6 Å². The second-order valence-electron chi connectivity index (χ2n) is 6.48. The number of nitrogens with zero attached hydrogens (tertiary/aromatic N) is 2. The molecule has 0 radical (unpaired) electrons. The Bertz CT molecular complexity index is 1110. The number of aromatic nitrogens is 2. The van der Waals surface area contributed by atoms with Gasteiger partial charge in [-0.3, -0.25) is 0 Å². The van der Waals surface area contributed by atoms with Crippen molar-refractivity contribution in [1.29, 1.82) is 0 Å². The first-order valence-corrected chi connectivity index (χ1v) is 9.69. The third-order valence-electron chi connectivity index (χ3n) is 4.27. The third-order valence-corrected chi connectivity index (χ3v) is 5.17. The Morgan fingerprint density at radius 1 is 1.00 bits per heavy atom. The van der Waals surface area contributed by atoms with Gasteiger partial charge in [0.15, 0.2) is 6.61 Å². The molecular formula is C22H18N2O3S. The lowest BCUT2D eigenvalue weighted by Crippen LogP contribution is -2.04. The summed E-state index contributed by atoms with van der Waals surface area (Å²) < 4.78 is 11.0. The van der Waals surface area contributed by atoms with E-state index in [1.165, 1.54) is 16.9 Å². The highest BCUT2D eigenvalue weighted by Crippen LogP contribution is 2.29. The molecule has 2 aromatic carbocycles. The molecule has 0 saturated heterocycles. The predicted octanol–water partition coefficient (Wildman–Crippen LogP) is 5.44. The summed E-state index contributed by atoms with van der Waals surface area (Å²) in [5.74, 6) is 0.269. The smallest absolute Gasteiger partial charge is 0.349 e. The van der Waals surface area contributed by atoms with E-state index in [9.17, 15) is 4.79 Å². The molecule has 140 valence electrons. The Kier molecular flexibility index (Phi) is 5.04. The zero-order chi connectivity index (χ0) is 19.5. The molecule has 0 fully saturated rings. The van der Waals surface area contributed by atoms with E-state index < -0.39 is 5.97 Å². The van der Waals surface area contributed by atoms with Crippen LogP contribution in [0.1, 0.15) is 26.7 Å². The minimum absolute atomic E-state index is 0.0666. The third kappa shape index (κ3) is 3.87. The number of carbonyl (C=O) groups is 1. The van der Waals surface area contributed by atoms with Crippen LogP contribution in [0.15, 0.2) is 64.4 Å². The second kappa shape index (κ2) is 7.78.